The second kappa shape index (κ2) is 10.8. The van der Waals surface area contributed by atoms with E-state index in [2.05, 4.69) is 16.7 Å². The predicted molar refractivity (Wildman–Crippen MR) is 126 cm³/mol. The zero-order valence-electron chi connectivity index (χ0n) is 20.9. The van der Waals surface area contributed by atoms with Gasteiger partial charge in [-0.1, -0.05) is 25.0 Å². The molecule has 0 aromatic heterocycles. The van der Waals surface area contributed by atoms with Crippen LogP contribution in [-0.2, 0) is 23.9 Å². The fourth-order valence-electron chi connectivity index (χ4n) is 4.77. The lowest BCUT2D eigenvalue weighted by atomic mass is 10.0. The molecule has 0 radical (unpaired) electrons. The summed E-state index contributed by atoms with van der Waals surface area (Å²) in [6, 6.07) is -1.45. The molecule has 1 saturated heterocycles. The number of nitrogens with one attached hydrogen (secondary N) is 2. The van der Waals surface area contributed by atoms with Crippen molar-refractivity contribution in [2.75, 3.05) is 13.2 Å². The summed E-state index contributed by atoms with van der Waals surface area (Å²) in [5.74, 6) is -1.16. The molecule has 9 nitrogen and oxygen atoms in total. The number of amides is 3. The van der Waals surface area contributed by atoms with Crippen LogP contribution in [0.4, 0.5) is 4.79 Å². The predicted octanol–water partition coefficient (Wildman–Crippen LogP) is 2.83. The van der Waals surface area contributed by atoms with Crippen LogP contribution in [0.2, 0.25) is 0 Å². The van der Waals surface area contributed by atoms with Crippen LogP contribution in [0.15, 0.2) is 12.2 Å². The van der Waals surface area contributed by atoms with E-state index in [1.807, 2.05) is 6.08 Å². The van der Waals surface area contributed by atoms with Crippen LogP contribution in [0.3, 0.4) is 0 Å². The van der Waals surface area contributed by atoms with Crippen molar-refractivity contribution in [2.45, 2.75) is 102 Å². The molecule has 0 aromatic carbocycles. The number of hydrogen-bond acceptors (Lipinski definition) is 6. The Bertz CT molecular complexity index is 820. The third kappa shape index (κ3) is 6.30. The van der Waals surface area contributed by atoms with Crippen molar-refractivity contribution in [1.29, 1.82) is 0 Å². The molecule has 0 spiro atoms. The van der Waals surface area contributed by atoms with Gasteiger partial charge in [-0.05, 0) is 66.2 Å². The van der Waals surface area contributed by atoms with Crippen molar-refractivity contribution < 1.29 is 28.7 Å². The lowest BCUT2D eigenvalue weighted by Crippen LogP contribution is -2.56. The van der Waals surface area contributed by atoms with Crippen LogP contribution in [0.1, 0.15) is 79.1 Å². The van der Waals surface area contributed by atoms with E-state index in [1.165, 1.54) is 0 Å². The fraction of sp³-hybridized carbons (Fsp3) is 0.760. The molecule has 0 unspecified atom stereocenters. The van der Waals surface area contributed by atoms with Crippen LogP contribution in [-0.4, -0.2) is 65.2 Å². The van der Waals surface area contributed by atoms with Crippen molar-refractivity contribution in [3.05, 3.63) is 12.2 Å². The quantitative estimate of drug-likeness (QED) is 0.477. The van der Waals surface area contributed by atoms with Crippen LogP contribution in [0.5, 0.6) is 0 Å². The molecule has 0 aromatic rings. The summed E-state index contributed by atoms with van der Waals surface area (Å²) in [5, 5.41) is 5.66. The molecule has 2 heterocycles. The summed E-state index contributed by atoms with van der Waals surface area (Å²) in [4.78, 5) is 53.5. The highest BCUT2D eigenvalue weighted by molar-refractivity contribution is 5.96. The van der Waals surface area contributed by atoms with Crippen molar-refractivity contribution in [3.8, 4) is 0 Å². The summed E-state index contributed by atoms with van der Waals surface area (Å²) in [5.41, 5.74) is -1.74. The summed E-state index contributed by atoms with van der Waals surface area (Å²) >= 11 is 0. The van der Waals surface area contributed by atoms with Crippen LogP contribution >= 0.6 is 0 Å². The number of rotatable bonds is 3. The third-order valence-electron chi connectivity index (χ3n) is 6.56. The molecule has 1 aliphatic carbocycles. The minimum Gasteiger partial charge on any atom is -0.464 e. The van der Waals surface area contributed by atoms with Gasteiger partial charge in [0, 0.05) is 12.5 Å². The molecule has 2 N–H and O–H groups in total. The van der Waals surface area contributed by atoms with Gasteiger partial charge in [-0.25, -0.2) is 9.59 Å². The number of carbonyl (C=O) groups is 4. The maximum Gasteiger partial charge on any atom is 0.408 e. The molecule has 3 rings (SSSR count). The number of esters is 1. The first-order valence-corrected chi connectivity index (χ1v) is 12.5. The molecule has 0 bridgehead atoms. The lowest BCUT2D eigenvalue weighted by Gasteiger charge is -2.30. The first-order chi connectivity index (χ1) is 16.1. The monoisotopic (exact) mass is 477 g/mol. The Labute approximate surface area is 202 Å². The van der Waals surface area contributed by atoms with Crippen molar-refractivity contribution in [1.82, 2.24) is 15.5 Å². The molecule has 3 amide bonds. The van der Waals surface area contributed by atoms with Gasteiger partial charge in [0.2, 0.25) is 11.8 Å². The summed E-state index contributed by atoms with van der Waals surface area (Å²) in [6.45, 7) is 7.71. The number of allylic oxidation sites excluding steroid dienone is 1. The third-order valence-corrected chi connectivity index (χ3v) is 6.56. The standard InChI is InChI=1S/C25H39N3O6/c1-5-33-22(31)25-16-17(25)12-9-7-6-8-10-13-18(26-23(32)34-24(2,3)4)21(30)28-15-11-14-19(28)20(29)27-25/h9,12,17-19H,5-8,10-11,13-16H2,1-4H3,(H,26,32)(H,27,29)/t17-,18+,19+,25-/m1/s1. The first-order valence-electron chi connectivity index (χ1n) is 12.5. The molecule has 9 heteroatoms. The average molecular weight is 478 g/mol. The Morgan fingerprint density at radius 3 is 2.65 bits per heavy atom. The number of fused-ring (bicyclic) bond motifs is 2. The summed E-state index contributed by atoms with van der Waals surface area (Å²) in [6.07, 6.45) is 9.02. The molecular formula is C25H39N3O6. The maximum atomic E-state index is 13.5. The van der Waals surface area contributed by atoms with E-state index >= 15 is 0 Å². The Morgan fingerprint density at radius 2 is 1.94 bits per heavy atom. The highest BCUT2D eigenvalue weighted by Gasteiger charge is 2.62. The Kier molecular flexibility index (Phi) is 8.25. The lowest BCUT2D eigenvalue weighted by molar-refractivity contribution is -0.150. The molecule has 1 saturated carbocycles. The first kappa shape index (κ1) is 26.0. The zero-order valence-corrected chi connectivity index (χ0v) is 20.9. The average Bonchev–Trinajstić information content (AvgIpc) is 3.21. The number of hydrogen-bond donors (Lipinski definition) is 2. The van der Waals surface area contributed by atoms with Gasteiger partial charge in [-0.15, -0.1) is 0 Å². The molecule has 2 aliphatic heterocycles. The van der Waals surface area contributed by atoms with Crippen LogP contribution < -0.4 is 10.6 Å². The molecular weight excluding hydrogens is 438 g/mol. The van der Waals surface area contributed by atoms with Gasteiger partial charge in [0.25, 0.3) is 0 Å². The van der Waals surface area contributed by atoms with E-state index in [-0.39, 0.29) is 24.3 Å². The number of ether oxygens (including phenoxy) is 2. The van der Waals surface area contributed by atoms with Crippen molar-refractivity contribution in [2.24, 2.45) is 5.92 Å². The van der Waals surface area contributed by atoms with E-state index in [4.69, 9.17) is 9.47 Å². The fourth-order valence-corrected chi connectivity index (χ4v) is 4.77. The number of carbonyl (C=O) groups excluding carboxylic acids is 4. The molecule has 3 aliphatic rings. The van der Waals surface area contributed by atoms with Gasteiger partial charge in [-0.2, -0.15) is 0 Å². The summed E-state index contributed by atoms with van der Waals surface area (Å²) < 4.78 is 10.6. The highest BCUT2D eigenvalue weighted by Crippen LogP contribution is 2.46. The van der Waals surface area contributed by atoms with Crippen molar-refractivity contribution in [3.63, 3.8) is 0 Å². The van der Waals surface area contributed by atoms with E-state index in [9.17, 15) is 19.2 Å². The zero-order chi connectivity index (χ0) is 24.9. The van der Waals surface area contributed by atoms with E-state index in [0.717, 1.165) is 25.7 Å². The Balaban J connectivity index is 1.81. The maximum absolute atomic E-state index is 13.5. The SMILES string of the molecule is CCOC(=O)[C@@]12C[C@H]1C=CCCCCC[C@H](NC(=O)OC(C)(C)C)C(=O)N1CCC[C@H]1C(=O)N2. The minimum atomic E-state index is -1.06. The number of nitrogens with zero attached hydrogens (tertiary/aromatic N) is 1. The van der Waals surface area contributed by atoms with Crippen LogP contribution in [0, 0.1) is 5.92 Å². The second-order valence-electron chi connectivity index (χ2n) is 10.4. The second-order valence-corrected chi connectivity index (χ2v) is 10.4. The summed E-state index contributed by atoms with van der Waals surface area (Å²) in [7, 11) is 0. The van der Waals surface area contributed by atoms with E-state index < -0.39 is 35.3 Å². The molecule has 34 heavy (non-hydrogen) atoms. The molecule has 2 fully saturated rings. The van der Waals surface area contributed by atoms with E-state index in [0.29, 0.717) is 32.2 Å². The Morgan fingerprint density at radius 1 is 1.18 bits per heavy atom. The van der Waals surface area contributed by atoms with Gasteiger partial charge >= 0.3 is 12.1 Å². The number of alkyl carbamates (subject to hydrolysis) is 1. The molecule has 190 valence electrons. The minimum absolute atomic E-state index is 0.104. The largest absolute Gasteiger partial charge is 0.464 e. The van der Waals surface area contributed by atoms with Gasteiger partial charge in [0.15, 0.2) is 0 Å². The van der Waals surface area contributed by atoms with Crippen LogP contribution in [0.25, 0.3) is 0 Å². The Hall–Kier alpha value is -2.58. The smallest absolute Gasteiger partial charge is 0.408 e. The van der Waals surface area contributed by atoms with Gasteiger partial charge in [-0.3, -0.25) is 9.59 Å². The molecule has 4 atom stereocenters. The van der Waals surface area contributed by atoms with Gasteiger partial charge in [0.1, 0.15) is 23.2 Å². The van der Waals surface area contributed by atoms with E-state index in [1.54, 1.807) is 32.6 Å². The van der Waals surface area contributed by atoms with Gasteiger partial charge in [0.05, 0.1) is 6.61 Å². The topological polar surface area (TPSA) is 114 Å². The van der Waals surface area contributed by atoms with Gasteiger partial charge < -0.3 is 25.0 Å². The van der Waals surface area contributed by atoms with Crippen molar-refractivity contribution >= 4 is 23.9 Å². The normalized spacial score (nSPS) is 30.2. The highest BCUT2D eigenvalue weighted by atomic mass is 16.6.